The number of hydrogen-bond donors (Lipinski definition) is 2. The minimum absolute atomic E-state index is 0.0108. The second kappa shape index (κ2) is 6.39. The van der Waals surface area contributed by atoms with Crippen LogP contribution in [0.25, 0.3) is 0 Å². The Labute approximate surface area is 139 Å². The molecule has 1 aromatic rings. The number of hydrogen-bond acceptors (Lipinski definition) is 2. The Morgan fingerprint density at radius 2 is 1.75 bits per heavy atom. The summed E-state index contributed by atoms with van der Waals surface area (Å²) in [5, 5.41) is 11.7. The van der Waals surface area contributed by atoms with E-state index in [2.05, 4.69) is 5.32 Å². The molecule has 3 nitrogen and oxygen atoms in total. The molecule has 0 spiro atoms. The molecule has 2 aliphatic rings. The number of aliphatic hydroxyl groups excluding tert-OH is 1. The van der Waals surface area contributed by atoms with Crippen LogP contribution in [0.2, 0.25) is 0 Å². The van der Waals surface area contributed by atoms with Gasteiger partial charge in [-0.1, -0.05) is 37.1 Å². The van der Waals surface area contributed by atoms with Crippen molar-refractivity contribution in [2.75, 3.05) is 0 Å². The molecule has 24 heavy (non-hydrogen) atoms. The van der Waals surface area contributed by atoms with Gasteiger partial charge in [0.1, 0.15) is 5.41 Å². The summed E-state index contributed by atoms with van der Waals surface area (Å²) >= 11 is 0. The first-order chi connectivity index (χ1) is 11.4. The van der Waals surface area contributed by atoms with E-state index in [-0.39, 0.29) is 31.4 Å². The van der Waals surface area contributed by atoms with E-state index >= 15 is 0 Å². The van der Waals surface area contributed by atoms with Gasteiger partial charge in [0.05, 0.1) is 6.61 Å². The predicted molar refractivity (Wildman–Crippen MR) is 83.2 cm³/mol. The summed E-state index contributed by atoms with van der Waals surface area (Å²) in [4.78, 5) is 12.3. The SMILES string of the molecule is O=C(NC1CC(c2ccc(CO)cc2)C1)C1(C(F)(F)F)CCCC1. The van der Waals surface area contributed by atoms with Gasteiger partial charge in [0, 0.05) is 6.04 Å². The Hall–Kier alpha value is -1.56. The van der Waals surface area contributed by atoms with Crippen molar-refractivity contribution in [1.82, 2.24) is 5.32 Å². The van der Waals surface area contributed by atoms with Gasteiger partial charge in [0.2, 0.25) is 5.91 Å². The molecule has 1 amide bonds. The third kappa shape index (κ3) is 3.04. The minimum atomic E-state index is -4.48. The molecule has 2 N–H and O–H groups in total. The van der Waals surface area contributed by atoms with Gasteiger partial charge < -0.3 is 10.4 Å². The zero-order valence-corrected chi connectivity index (χ0v) is 13.4. The lowest BCUT2D eigenvalue weighted by atomic mass is 9.74. The lowest BCUT2D eigenvalue weighted by Crippen LogP contribution is -2.54. The van der Waals surface area contributed by atoms with E-state index in [9.17, 15) is 18.0 Å². The molecule has 1 aromatic carbocycles. The van der Waals surface area contributed by atoms with Crippen LogP contribution < -0.4 is 5.32 Å². The van der Waals surface area contributed by atoms with Crippen molar-refractivity contribution in [3.8, 4) is 0 Å². The average molecular weight is 341 g/mol. The van der Waals surface area contributed by atoms with Crippen molar-refractivity contribution in [3.05, 3.63) is 35.4 Å². The lowest BCUT2D eigenvalue weighted by Gasteiger charge is -2.39. The molecule has 0 radical (unpaired) electrons. The van der Waals surface area contributed by atoms with Crippen molar-refractivity contribution in [2.45, 2.75) is 63.3 Å². The second-order valence-electron chi connectivity index (χ2n) is 7.03. The van der Waals surface area contributed by atoms with Crippen LogP contribution in [0.1, 0.15) is 55.6 Å². The number of amides is 1. The van der Waals surface area contributed by atoms with E-state index in [4.69, 9.17) is 5.11 Å². The van der Waals surface area contributed by atoms with E-state index in [0.717, 1.165) is 11.1 Å². The van der Waals surface area contributed by atoms with Crippen molar-refractivity contribution in [1.29, 1.82) is 0 Å². The van der Waals surface area contributed by atoms with Crippen molar-refractivity contribution in [2.24, 2.45) is 5.41 Å². The Bertz CT molecular complexity index is 585. The number of benzene rings is 1. The van der Waals surface area contributed by atoms with Gasteiger partial charge in [-0.15, -0.1) is 0 Å². The fraction of sp³-hybridized carbons (Fsp3) is 0.611. The van der Waals surface area contributed by atoms with E-state index in [1.807, 2.05) is 24.3 Å². The zero-order chi connectivity index (χ0) is 17.4. The maximum Gasteiger partial charge on any atom is 0.403 e. The molecule has 2 saturated carbocycles. The van der Waals surface area contributed by atoms with Crippen LogP contribution in [0.3, 0.4) is 0 Å². The molecule has 132 valence electrons. The normalized spacial score (nSPS) is 26.0. The van der Waals surface area contributed by atoms with Gasteiger partial charge in [0.15, 0.2) is 0 Å². The summed E-state index contributed by atoms with van der Waals surface area (Å²) in [5.41, 5.74) is -0.249. The van der Waals surface area contributed by atoms with E-state index in [1.165, 1.54) is 0 Å². The van der Waals surface area contributed by atoms with E-state index < -0.39 is 17.5 Å². The van der Waals surface area contributed by atoms with Crippen molar-refractivity contribution >= 4 is 5.91 Å². The molecule has 0 saturated heterocycles. The highest BCUT2D eigenvalue weighted by Crippen LogP contribution is 2.51. The highest BCUT2D eigenvalue weighted by molar-refractivity contribution is 5.84. The molecule has 0 bridgehead atoms. The molecule has 0 atom stereocenters. The smallest absolute Gasteiger partial charge is 0.392 e. The molecule has 0 unspecified atom stereocenters. The van der Waals surface area contributed by atoms with Crippen LogP contribution in [-0.2, 0) is 11.4 Å². The zero-order valence-electron chi connectivity index (χ0n) is 13.4. The Morgan fingerprint density at radius 1 is 1.17 bits per heavy atom. The molecule has 2 fully saturated rings. The number of nitrogens with one attached hydrogen (secondary N) is 1. The summed E-state index contributed by atoms with van der Waals surface area (Å²) < 4.78 is 40.1. The number of carbonyl (C=O) groups excluding carboxylic acids is 1. The maximum atomic E-state index is 13.4. The highest BCUT2D eigenvalue weighted by Gasteiger charge is 2.61. The van der Waals surface area contributed by atoms with Gasteiger partial charge in [-0.3, -0.25) is 4.79 Å². The number of alkyl halides is 3. The fourth-order valence-corrected chi connectivity index (χ4v) is 3.84. The first-order valence-electron chi connectivity index (χ1n) is 8.43. The number of halogens is 3. The van der Waals surface area contributed by atoms with Gasteiger partial charge in [0.25, 0.3) is 0 Å². The maximum absolute atomic E-state index is 13.4. The van der Waals surface area contributed by atoms with Gasteiger partial charge in [-0.25, -0.2) is 0 Å². The predicted octanol–water partition coefficient (Wildman–Crippen LogP) is 3.66. The quantitative estimate of drug-likeness (QED) is 0.878. The largest absolute Gasteiger partial charge is 0.403 e. The van der Waals surface area contributed by atoms with Gasteiger partial charge in [-0.05, 0) is 42.7 Å². The van der Waals surface area contributed by atoms with Crippen LogP contribution in [-0.4, -0.2) is 23.2 Å². The number of aliphatic hydroxyl groups is 1. The summed E-state index contributed by atoms with van der Waals surface area (Å²) in [5.74, 6) is -0.583. The molecule has 6 heteroatoms. The van der Waals surface area contributed by atoms with Gasteiger partial charge in [-0.2, -0.15) is 13.2 Å². The van der Waals surface area contributed by atoms with Crippen molar-refractivity contribution < 1.29 is 23.1 Å². The highest BCUT2D eigenvalue weighted by atomic mass is 19.4. The molecule has 3 rings (SSSR count). The number of rotatable bonds is 4. The molecular formula is C18H22F3NO2. The number of carbonyl (C=O) groups is 1. The van der Waals surface area contributed by atoms with Crippen molar-refractivity contribution in [3.63, 3.8) is 0 Å². The first kappa shape index (κ1) is 17.3. The monoisotopic (exact) mass is 341 g/mol. The average Bonchev–Trinajstić information content (AvgIpc) is 3.01. The Kier molecular flexibility index (Phi) is 4.60. The molecule has 0 heterocycles. The van der Waals surface area contributed by atoms with Crippen LogP contribution in [0.15, 0.2) is 24.3 Å². The summed E-state index contributed by atoms with van der Waals surface area (Å²) in [6.45, 7) is -0.0108. The third-order valence-electron chi connectivity index (χ3n) is 5.54. The van der Waals surface area contributed by atoms with Crippen LogP contribution in [0.4, 0.5) is 13.2 Å². The summed E-state index contributed by atoms with van der Waals surface area (Å²) in [6, 6.07) is 7.38. The second-order valence-corrected chi connectivity index (χ2v) is 7.03. The standard InChI is InChI=1S/C18H22F3NO2/c19-18(20,21)17(7-1-2-8-17)16(24)22-15-9-14(10-15)13-5-3-12(11-23)4-6-13/h3-6,14-15,23H,1-2,7-11H2,(H,22,24). The topological polar surface area (TPSA) is 49.3 Å². The van der Waals surface area contributed by atoms with Gasteiger partial charge >= 0.3 is 6.18 Å². The fourth-order valence-electron chi connectivity index (χ4n) is 3.84. The third-order valence-corrected chi connectivity index (χ3v) is 5.54. The minimum Gasteiger partial charge on any atom is -0.392 e. The molecule has 0 aliphatic heterocycles. The van der Waals surface area contributed by atoms with Crippen LogP contribution >= 0.6 is 0 Å². The van der Waals surface area contributed by atoms with Crippen LogP contribution in [0.5, 0.6) is 0 Å². The molecular weight excluding hydrogens is 319 g/mol. The Balaban J connectivity index is 1.57. The Morgan fingerprint density at radius 3 is 2.25 bits per heavy atom. The van der Waals surface area contributed by atoms with Crippen LogP contribution in [0, 0.1) is 5.41 Å². The first-order valence-corrected chi connectivity index (χ1v) is 8.43. The van der Waals surface area contributed by atoms with E-state index in [0.29, 0.717) is 25.7 Å². The molecule has 2 aliphatic carbocycles. The lowest BCUT2D eigenvalue weighted by molar-refractivity contribution is -0.220. The summed E-state index contributed by atoms with van der Waals surface area (Å²) in [6.07, 6.45) is -2.43. The van der Waals surface area contributed by atoms with E-state index in [1.54, 1.807) is 0 Å². The molecule has 0 aromatic heterocycles. The summed E-state index contributed by atoms with van der Waals surface area (Å²) in [7, 11) is 0.